The second kappa shape index (κ2) is 6.41. The van der Waals surface area contributed by atoms with Gasteiger partial charge in [0.25, 0.3) is 0 Å². The maximum absolute atomic E-state index is 13.4. The fourth-order valence-electron chi connectivity index (χ4n) is 1.47. The minimum absolute atomic E-state index is 0.106. The number of benzene rings is 1. The average Bonchev–Trinajstić information content (AvgIpc) is 2.36. The van der Waals surface area contributed by atoms with Crippen LogP contribution in [0.2, 0.25) is 0 Å². The van der Waals surface area contributed by atoms with E-state index in [1.54, 1.807) is 6.07 Å². The van der Waals surface area contributed by atoms with Crippen molar-refractivity contribution in [3.8, 4) is 5.75 Å². The molecule has 19 heavy (non-hydrogen) atoms. The number of carbonyl (C=O) groups is 1. The van der Waals surface area contributed by atoms with Gasteiger partial charge in [-0.05, 0) is 32.4 Å². The van der Waals surface area contributed by atoms with Crippen LogP contribution < -0.4 is 15.4 Å². The van der Waals surface area contributed by atoms with Crippen molar-refractivity contribution in [3.63, 3.8) is 0 Å². The zero-order valence-corrected chi connectivity index (χ0v) is 11.8. The molecule has 0 saturated carbocycles. The molecule has 0 atom stereocenters. The highest BCUT2D eigenvalue weighted by Crippen LogP contribution is 2.20. The van der Waals surface area contributed by atoms with E-state index in [1.165, 1.54) is 19.2 Å². The highest BCUT2D eigenvalue weighted by atomic mass is 19.1. The van der Waals surface area contributed by atoms with Gasteiger partial charge in [-0.15, -0.1) is 0 Å². The second-order valence-corrected chi connectivity index (χ2v) is 4.99. The van der Waals surface area contributed by atoms with Crippen molar-refractivity contribution in [3.05, 3.63) is 24.0 Å². The van der Waals surface area contributed by atoms with Crippen LogP contribution >= 0.6 is 0 Å². The first kappa shape index (κ1) is 15.3. The van der Waals surface area contributed by atoms with Crippen LogP contribution in [0.5, 0.6) is 5.75 Å². The number of hydrogen-bond acceptors (Lipinski definition) is 3. The van der Waals surface area contributed by atoms with Gasteiger partial charge in [-0.3, -0.25) is 4.79 Å². The summed E-state index contributed by atoms with van der Waals surface area (Å²) in [4.78, 5) is 11.7. The zero-order chi connectivity index (χ0) is 14.5. The van der Waals surface area contributed by atoms with Gasteiger partial charge in [0.1, 0.15) is 0 Å². The Morgan fingerprint density at radius 1 is 1.42 bits per heavy atom. The predicted octanol–water partition coefficient (Wildman–Crippen LogP) is 2.55. The molecule has 0 spiro atoms. The normalized spacial score (nSPS) is 11.0. The molecule has 0 radical (unpaired) electrons. The van der Waals surface area contributed by atoms with Gasteiger partial charge < -0.3 is 15.4 Å². The van der Waals surface area contributed by atoms with E-state index >= 15 is 0 Å². The third-order valence-electron chi connectivity index (χ3n) is 2.97. The molecule has 0 bridgehead atoms. The molecule has 0 heterocycles. The van der Waals surface area contributed by atoms with Gasteiger partial charge in [0.2, 0.25) is 5.91 Å². The first-order valence-corrected chi connectivity index (χ1v) is 6.26. The van der Waals surface area contributed by atoms with E-state index in [0.29, 0.717) is 5.69 Å². The quantitative estimate of drug-likeness (QED) is 0.833. The first-order valence-electron chi connectivity index (χ1n) is 6.26. The lowest BCUT2D eigenvalue weighted by molar-refractivity contribution is -0.121. The van der Waals surface area contributed by atoms with Gasteiger partial charge in [0.15, 0.2) is 11.6 Å². The van der Waals surface area contributed by atoms with E-state index in [4.69, 9.17) is 4.74 Å². The lowest BCUT2D eigenvalue weighted by Gasteiger charge is -2.24. The Morgan fingerprint density at radius 3 is 2.63 bits per heavy atom. The molecule has 1 aromatic rings. The highest BCUT2D eigenvalue weighted by molar-refractivity contribution is 5.81. The molecule has 2 N–H and O–H groups in total. The van der Waals surface area contributed by atoms with Crippen molar-refractivity contribution in [1.29, 1.82) is 0 Å². The third-order valence-corrected chi connectivity index (χ3v) is 2.97. The number of hydrogen-bond donors (Lipinski definition) is 2. The molecule has 1 aromatic carbocycles. The molecule has 0 fully saturated rings. The first-order chi connectivity index (χ1) is 8.88. The smallest absolute Gasteiger partial charge is 0.239 e. The number of carbonyl (C=O) groups excluding carboxylic acids is 1. The molecule has 0 aliphatic heterocycles. The molecular weight excluding hydrogens is 247 g/mol. The average molecular weight is 268 g/mol. The van der Waals surface area contributed by atoms with Crippen molar-refractivity contribution in [2.45, 2.75) is 32.7 Å². The highest BCUT2D eigenvalue weighted by Gasteiger charge is 2.17. The number of amides is 1. The predicted molar refractivity (Wildman–Crippen MR) is 74.0 cm³/mol. The Morgan fingerprint density at radius 2 is 2.11 bits per heavy atom. The molecule has 5 heteroatoms. The number of anilines is 1. The van der Waals surface area contributed by atoms with Crippen molar-refractivity contribution < 1.29 is 13.9 Å². The fourth-order valence-corrected chi connectivity index (χ4v) is 1.47. The molecule has 0 aliphatic carbocycles. The molecule has 4 nitrogen and oxygen atoms in total. The summed E-state index contributed by atoms with van der Waals surface area (Å²) >= 11 is 0. The Hall–Kier alpha value is -1.78. The van der Waals surface area contributed by atoms with Crippen LogP contribution in [0.25, 0.3) is 0 Å². The van der Waals surface area contributed by atoms with Crippen molar-refractivity contribution in [2.75, 3.05) is 19.0 Å². The van der Waals surface area contributed by atoms with Crippen molar-refractivity contribution in [1.82, 2.24) is 5.32 Å². The van der Waals surface area contributed by atoms with Gasteiger partial charge in [0.05, 0.1) is 13.7 Å². The summed E-state index contributed by atoms with van der Waals surface area (Å²) in [6.45, 7) is 6.03. The number of ether oxygens (including phenoxy) is 1. The minimum Gasteiger partial charge on any atom is -0.494 e. The molecule has 1 amide bonds. The van der Waals surface area contributed by atoms with E-state index < -0.39 is 5.82 Å². The van der Waals surface area contributed by atoms with E-state index in [-0.39, 0.29) is 23.7 Å². The monoisotopic (exact) mass is 268 g/mol. The van der Waals surface area contributed by atoms with Gasteiger partial charge in [-0.25, -0.2) is 4.39 Å². The fraction of sp³-hybridized carbons (Fsp3) is 0.500. The van der Waals surface area contributed by atoms with Crippen molar-refractivity contribution >= 4 is 11.6 Å². The van der Waals surface area contributed by atoms with Crippen LogP contribution in [0.15, 0.2) is 18.2 Å². The molecule has 1 rings (SSSR count). The number of nitrogens with one attached hydrogen (secondary N) is 2. The van der Waals surface area contributed by atoms with Gasteiger partial charge in [0, 0.05) is 17.3 Å². The maximum Gasteiger partial charge on any atom is 0.239 e. The Kier molecular flexibility index (Phi) is 5.15. The Bertz CT molecular complexity index is 447. The van der Waals surface area contributed by atoms with Crippen LogP contribution in [0, 0.1) is 5.82 Å². The van der Waals surface area contributed by atoms with Gasteiger partial charge in [-0.1, -0.05) is 6.92 Å². The van der Waals surface area contributed by atoms with E-state index in [9.17, 15) is 9.18 Å². The molecular formula is C14H21FN2O2. The molecule has 0 aliphatic rings. The summed E-state index contributed by atoms with van der Waals surface area (Å²) in [5.74, 6) is -0.396. The molecule has 0 aromatic heterocycles. The van der Waals surface area contributed by atoms with E-state index in [2.05, 4.69) is 10.6 Å². The van der Waals surface area contributed by atoms with Crippen LogP contribution in [-0.4, -0.2) is 25.1 Å². The van der Waals surface area contributed by atoms with Crippen LogP contribution in [-0.2, 0) is 4.79 Å². The SMILES string of the molecule is CCC(C)(C)NC(=O)CNc1ccc(OC)c(F)c1. The van der Waals surface area contributed by atoms with Gasteiger partial charge >= 0.3 is 0 Å². The molecule has 0 saturated heterocycles. The summed E-state index contributed by atoms with van der Waals surface area (Å²) in [7, 11) is 1.41. The summed E-state index contributed by atoms with van der Waals surface area (Å²) in [6.07, 6.45) is 0.843. The van der Waals surface area contributed by atoms with Crippen LogP contribution in [0.3, 0.4) is 0 Å². The molecule has 106 valence electrons. The van der Waals surface area contributed by atoms with Crippen molar-refractivity contribution in [2.24, 2.45) is 0 Å². The number of rotatable bonds is 6. The van der Waals surface area contributed by atoms with E-state index in [0.717, 1.165) is 6.42 Å². The maximum atomic E-state index is 13.4. The standard InChI is InChI=1S/C14H21FN2O2/c1-5-14(2,3)17-13(18)9-16-10-6-7-12(19-4)11(15)8-10/h6-8,16H,5,9H2,1-4H3,(H,17,18). The second-order valence-electron chi connectivity index (χ2n) is 4.99. The van der Waals surface area contributed by atoms with Gasteiger partial charge in [-0.2, -0.15) is 0 Å². The Labute approximate surface area is 113 Å². The lowest BCUT2D eigenvalue weighted by Crippen LogP contribution is -2.45. The summed E-state index contributed by atoms with van der Waals surface area (Å²) in [5.41, 5.74) is 0.312. The van der Waals surface area contributed by atoms with E-state index in [1.807, 2.05) is 20.8 Å². The Balaban J connectivity index is 2.53. The topological polar surface area (TPSA) is 50.4 Å². The third kappa shape index (κ3) is 4.77. The summed E-state index contributed by atoms with van der Waals surface area (Å²) in [5, 5.41) is 5.77. The number of methoxy groups -OCH3 is 1. The summed E-state index contributed by atoms with van der Waals surface area (Å²) in [6, 6.07) is 4.49. The largest absolute Gasteiger partial charge is 0.494 e. The lowest BCUT2D eigenvalue weighted by atomic mass is 10.0. The van der Waals surface area contributed by atoms with Crippen LogP contribution in [0.1, 0.15) is 27.2 Å². The molecule has 0 unspecified atom stereocenters. The summed E-state index contributed by atoms with van der Waals surface area (Å²) < 4.78 is 18.3. The van der Waals surface area contributed by atoms with Crippen LogP contribution in [0.4, 0.5) is 10.1 Å². The zero-order valence-electron chi connectivity index (χ0n) is 11.8. The minimum atomic E-state index is -0.457. The number of halogens is 1.